The zero-order valence-electron chi connectivity index (χ0n) is 41.1. The molecule has 1 saturated heterocycles. The molecule has 2 atom stereocenters. The Balaban J connectivity index is 1.46. The fraction of sp³-hybridized carbons (Fsp3) is 0.542. The van der Waals surface area contributed by atoms with Crippen molar-refractivity contribution in [3.63, 3.8) is 0 Å². The summed E-state index contributed by atoms with van der Waals surface area (Å²) < 4.78 is 138. The number of amides is 2. The Morgan fingerprint density at radius 2 is 1.31 bits per heavy atom. The van der Waals surface area contributed by atoms with Gasteiger partial charge in [-0.15, -0.1) is 5.06 Å². The lowest BCUT2D eigenvalue weighted by Crippen LogP contribution is -2.33. The SMILES string of the molecule is CCN1C(=CC=C(C)C=CC2=[N+](CCCC(=O)ON3C(=O)CCC3=O)c3ccc(S(=O)(=O)[O-])cc3C2(C)CCOCCOCCOCCOCCOC)C(C)(CCCS(=O)(=O)[O-])c2cc(S(=O)(=O)[O-])ccc21. The number of benzene rings is 2. The van der Waals surface area contributed by atoms with Crippen LogP contribution in [0.1, 0.15) is 83.8 Å². The molecule has 0 spiro atoms. The second-order valence-corrected chi connectivity index (χ2v) is 22.0. The summed E-state index contributed by atoms with van der Waals surface area (Å²) in [7, 11) is -12.8. The number of fused-ring (bicyclic) bond motifs is 2. The normalized spacial score (nSPS) is 20.2. The standard InChI is InChI=1S/C48H65N3O18S3/c1-6-49-40-14-12-36(71(58,59)60)33-38(40)47(3,20-8-32-70(55,56)57)42(49)16-10-35(2)11-17-43-48(4,21-23-65-26-27-67-30-31-68-29-28-66-25-24-64-5)39-34-37(72(61,62)63)13-15-41(39)50(43)22-7-9-46(54)69-51-44(52)18-19-45(51)53/h10-17,33-34H,6-9,18-32H2,1-5H3,(H2-,55,56,57,58,59,60,61,62,63)/p-2. The Morgan fingerprint density at radius 1 is 0.750 bits per heavy atom. The molecule has 2 amide bonds. The van der Waals surface area contributed by atoms with Gasteiger partial charge in [0, 0.05) is 79.8 Å². The molecule has 3 aliphatic heterocycles. The highest BCUT2D eigenvalue weighted by Crippen LogP contribution is 2.51. The fourth-order valence-corrected chi connectivity index (χ4v) is 10.4. The number of allylic oxidation sites excluding steroid dienone is 6. The molecule has 0 radical (unpaired) electrons. The molecule has 0 bridgehead atoms. The van der Waals surface area contributed by atoms with E-state index in [4.69, 9.17) is 28.5 Å². The number of hydrogen-bond acceptors (Lipinski definition) is 19. The molecule has 3 aliphatic rings. The average Bonchev–Trinajstić information content (AvgIpc) is 3.84. The number of rotatable bonds is 30. The zero-order valence-corrected chi connectivity index (χ0v) is 43.6. The summed E-state index contributed by atoms with van der Waals surface area (Å²) in [4.78, 5) is 43.3. The van der Waals surface area contributed by atoms with E-state index in [1.807, 2.05) is 36.3 Å². The van der Waals surface area contributed by atoms with Crippen molar-refractivity contribution in [1.82, 2.24) is 5.06 Å². The van der Waals surface area contributed by atoms with Gasteiger partial charge < -0.3 is 47.1 Å². The summed E-state index contributed by atoms with van der Waals surface area (Å²) >= 11 is 0. The van der Waals surface area contributed by atoms with E-state index in [-0.39, 0.29) is 71.3 Å². The molecular formula is C48H63N3O18S3-2. The van der Waals surface area contributed by atoms with Crippen LogP contribution in [0.4, 0.5) is 11.4 Å². The lowest BCUT2D eigenvalue weighted by molar-refractivity contribution is -0.438. The number of carbonyl (C=O) groups excluding carboxylic acids is 3. The van der Waals surface area contributed by atoms with E-state index in [1.165, 1.54) is 36.4 Å². The molecular weight excluding hydrogens is 1000 g/mol. The minimum Gasteiger partial charge on any atom is -0.748 e. The van der Waals surface area contributed by atoms with E-state index < -0.39 is 74.5 Å². The third kappa shape index (κ3) is 15.2. The summed E-state index contributed by atoms with van der Waals surface area (Å²) in [5.41, 5.74) is 2.05. The molecule has 0 aromatic heterocycles. The van der Waals surface area contributed by atoms with Crippen LogP contribution in [0.3, 0.4) is 0 Å². The van der Waals surface area contributed by atoms with Crippen LogP contribution in [0.5, 0.6) is 0 Å². The van der Waals surface area contributed by atoms with Crippen molar-refractivity contribution in [3.05, 3.63) is 83.1 Å². The number of methoxy groups -OCH3 is 1. The Hall–Kier alpha value is -4.73. The number of hydrogen-bond donors (Lipinski definition) is 0. The summed E-state index contributed by atoms with van der Waals surface area (Å²) in [6.07, 6.45) is 7.37. The number of nitrogens with zero attached hydrogens (tertiary/aromatic N) is 3. The van der Waals surface area contributed by atoms with Crippen molar-refractivity contribution in [2.24, 2.45) is 0 Å². The van der Waals surface area contributed by atoms with E-state index in [2.05, 4.69) is 0 Å². The molecule has 21 nitrogen and oxygen atoms in total. The number of anilines is 1. The molecule has 5 rings (SSSR count). The largest absolute Gasteiger partial charge is 0.748 e. The van der Waals surface area contributed by atoms with Gasteiger partial charge in [-0.2, -0.15) is 4.58 Å². The van der Waals surface area contributed by atoms with Crippen molar-refractivity contribution in [2.75, 3.05) is 90.3 Å². The molecule has 24 heteroatoms. The second-order valence-electron chi connectivity index (χ2n) is 17.7. The maximum Gasteiger partial charge on any atom is 0.333 e. The van der Waals surface area contributed by atoms with Crippen LogP contribution in [-0.4, -0.2) is 157 Å². The topological polar surface area (TPSA) is 288 Å². The number of carbonyl (C=O) groups is 3. The first-order valence-electron chi connectivity index (χ1n) is 23.4. The molecule has 398 valence electrons. The highest BCUT2D eigenvalue weighted by atomic mass is 32.2. The Kier molecular flexibility index (Phi) is 20.6. The number of ether oxygens (including phenoxy) is 5. The van der Waals surface area contributed by atoms with Crippen LogP contribution in [0, 0.1) is 0 Å². The van der Waals surface area contributed by atoms with Gasteiger partial charge in [-0.05, 0) is 88.9 Å². The molecule has 1 fully saturated rings. The Morgan fingerprint density at radius 3 is 1.86 bits per heavy atom. The van der Waals surface area contributed by atoms with Gasteiger partial charge in [0.2, 0.25) is 5.69 Å². The molecule has 3 heterocycles. The summed E-state index contributed by atoms with van der Waals surface area (Å²) in [6, 6.07) is 8.10. The van der Waals surface area contributed by atoms with E-state index in [0.717, 1.165) is 0 Å². The van der Waals surface area contributed by atoms with E-state index in [1.54, 1.807) is 32.3 Å². The molecule has 2 aromatic carbocycles. The number of likely N-dealkylation sites (N-methyl/N-ethyl adjacent to an activating group) is 1. The number of imide groups is 1. The van der Waals surface area contributed by atoms with Gasteiger partial charge in [-0.3, -0.25) is 9.59 Å². The van der Waals surface area contributed by atoms with Crippen molar-refractivity contribution in [3.8, 4) is 0 Å². The van der Waals surface area contributed by atoms with Gasteiger partial charge in [0.15, 0.2) is 5.71 Å². The van der Waals surface area contributed by atoms with Gasteiger partial charge in [0.05, 0.1) is 84.6 Å². The molecule has 0 saturated carbocycles. The molecule has 72 heavy (non-hydrogen) atoms. The summed E-state index contributed by atoms with van der Waals surface area (Å²) in [5.74, 6) is -2.71. The quantitative estimate of drug-likeness (QED) is 0.0353. The van der Waals surface area contributed by atoms with E-state index >= 15 is 0 Å². The van der Waals surface area contributed by atoms with Crippen LogP contribution in [0.2, 0.25) is 0 Å². The smallest absolute Gasteiger partial charge is 0.333 e. The zero-order chi connectivity index (χ0) is 52.9. The van der Waals surface area contributed by atoms with Gasteiger partial charge in [0.25, 0.3) is 11.8 Å². The maximum atomic E-state index is 12.9. The van der Waals surface area contributed by atoms with Crippen LogP contribution in [-0.2, 0) is 84.1 Å². The monoisotopic (exact) mass is 1070 g/mol. The lowest BCUT2D eigenvalue weighted by atomic mass is 9.76. The molecule has 2 aromatic rings. The summed E-state index contributed by atoms with van der Waals surface area (Å²) in [5, 5.41) is 0.471. The van der Waals surface area contributed by atoms with Crippen LogP contribution < -0.4 is 4.90 Å². The van der Waals surface area contributed by atoms with Gasteiger partial charge in [-0.25, -0.2) is 30.0 Å². The van der Waals surface area contributed by atoms with Crippen molar-refractivity contribution < 1.29 is 86.4 Å². The van der Waals surface area contributed by atoms with Crippen molar-refractivity contribution in [2.45, 2.75) is 93.3 Å². The third-order valence-corrected chi connectivity index (χ3v) is 15.1. The highest BCUT2D eigenvalue weighted by Gasteiger charge is 2.48. The van der Waals surface area contributed by atoms with Crippen molar-refractivity contribution in [1.29, 1.82) is 0 Å². The van der Waals surface area contributed by atoms with Crippen LogP contribution >= 0.6 is 0 Å². The first-order valence-corrected chi connectivity index (χ1v) is 27.8. The second kappa shape index (κ2) is 25.5. The average molecular weight is 1070 g/mol. The van der Waals surface area contributed by atoms with Gasteiger partial charge in [0.1, 0.15) is 26.8 Å². The molecule has 2 unspecified atom stereocenters. The highest BCUT2D eigenvalue weighted by molar-refractivity contribution is 7.86. The maximum absolute atomic E-state index is 12.9. The van der Waals surface area contributed by atoms with Crippen LogP contribution in [0.15, 0.2) is 81.8 Å². The Labute approximate surface area is 421 Å². The first-order chi connectivity index (χ1) is 33.9. The lowest BCUT2D eigenvalue weighted by Gasteiger charge is -2.30. The van der Waals surface area contributed by atoms with Gasteiger partial charge >= 0.3 is 5.97 Å². The fourth-order valence-electron chi connectivity index (χ4n) is 8.93. The number of hydroxylamine groups is 2. The summed E-state index contributed by atoms with van der Waals surface area (Å²) in [6.45, 7) is 11.0. The molecule has 0 N–H and O–H groups in total. The predicted octanol–water partition coefficient (Wildman–Crippen LogP) is 3.85. The molecule has 0 aliphatic carbocycles. The van der Waals surface area contributed by atoms with E-state index in [0.29, 0.717) is 90.7 Å². The third-order valence-electron chi connectivity index (χ3n) is 12.6. The minimum absolute atomic E-state index is 0.0548. The minimum atomic E-state index is -4.91. The first kappa shape index (κ1) is 58.2. The Bertz CT molecular complexity index is 2760. The van der Waals surface area contributed by atoms with E-state index in [9.17, 15) is 53.3 Å². The van der Waals surface area contributed by atoms with Crippen LogP contribution in [0.25, 0.3) is 0 Å². The predicted molar refractivity (Wildman–Crippen MR) is 257 cm³/mol. The van der Waals surface area contributed by atoms with Crippen molar-refractivity contribution >= 4 is 65.2 Å². The van der Waals surface area contributed by atoms with Gasteiger partial charge in [-0.1, -0.05) is 17.7 Å².